The highest BCUT2D eigenvalue weighted by Crippen LogP contribution is 2.26. The maximum atomic E-state index is 12.7. The van der Waals surface area contributed by atoms with E-state index in [0.29, 0.717) is 29.0 Å². The van der Waals surface area contributed by atoms with E-state index in [2.05, 4.69) is 15.5 Å². The fourth-order valence-electron chi connectivity index (χ4n) is 3.35. The van der Waals surface area contributed by atoms with Crippen LogP contribution in [0.25, 0.3) is 5.69 Å². The van der Waals surface area contributed by atoms with Gasteiger partial charge in [0, 0.05) is 5.69 Å². The molecule has 0 atom stereocenters. The van der Waals surface area contributed by atoms with Gasteiger partial charge in [0.25, 0.3) is 0 Å². The third kappa shape index (κ3) is 5.77. The highest BCUT2D eigenvalue weighted by Gasteiger charge is 2.17. The monoisotopic (exact) mass is 474 g/mol. The van der Waals surface area contributed by atoms with Gasteiger partial charge >= 0.3 is 0 Å². The summed E-state index contributed by atoms with van der Waals surface area (Å²) in [7, 11) is 0. The van der Waals surface area contributed by atoms with E-state index in [0.717, 1.165) is 17.0 Å². The zero-order chi connectivity index (χ0) is 23.8. The van der Waals surface area contributed by atoms with E-state index in [1.54, 1.807) is 0 Å². The number of hydrogen-bond acceptors (Lipinski definition) is 6. The van der Waals surface area contributed by atoms with Crippen molar-refractivity contribution < 1.29 is 14.3 Å². The fourth-order valence-corrected chi connectivity index (χ4v) is 4.12. The standard InChI is InChI=1S/C26H26N4O3S/c1-3-32-23-16-10-8-14-21(23)27-25(31)18-34-26-29-28-24(30(26)20-12-5-4-6-13-20)17-33-22-15-9-7-11-19(22)2/h4-16H,3,17-18H2,1-2H3,(H,27,31). The Morgan fingerprint density at radius 1 is 0.912 bits per heavy atom. The molecule has 4 rings (SSSR count). The largest absolute Gasteiger partial charge is 0.492 e. The number of amides is 1. The van der Waals surface area contributed by atoms with Crippen LogP contribution in [-0.4, -0.2) is 33.0 Å². The molecule has 0 fully saturated rings. The summed E-state index contributed by atoms with van der Waals surface area (Å²) in [6, 6.07) is 25.0. The number of nitrogens with zero attached hydrogens (tertiary/aromatic N) is 3. The Kier molecular flexibility index (Phi) is 7.83. The van der Waals surface area contributed by atoms with Crippen molar-refractivity contribution >= 4 is 23.4 Å². The summed E-state index contributed by atoms with van der Waals surface area (Å²) in [4.78, 5) is 12.7. The van der Waals surface area contributed by atoms with Gasteiger partial charge in [-0.3, -0.25) is 9.36 Å². The first kappa shape index (κ1) is 23.4. The molecule has 3 aromatic carbocycles. The van der Waals surface area contributed by atoms with E-state index in [4.69, 9.17) is 9.47 Å². The number of nitrogens with one attached hydrogen (secondary N) is 1. The molecule has 174 valence electrons. The van der Waals surface area contributed by atoms with Crippen molar-refractivity contribution in [1.82, 2.24) is 14.8 Å². The van der Waals surface area contributed by atoms with Crippen molar-refractivity contribution in [3.05, 3.63) is 90.3 Å². The topological polar surface area (TPSA) is 78.3 Å². The minimum absolute atomic E-state index is 0.155. The van der Waals surface area contributed by atoms with Crippen LogP contribution in [0.5, 0.6) is 11.5 Å². The number of thioether (sulfide) groups is 1. The van der Waals surface area contributed by atoms with Gasteiger partial charge in [-0.15, -0.1) is 10.2 Å². The molecular weight excluding hydrogens is 448 g/mol. The highest BCUT2D eigenvalue weighted by atomic mass is 32.2. The van der Waals surface area contributed by atoms with Crippen LogP contribution >= 0.6 is 11.8 Å². The minimum Gasteiger partial charge on any atom is -0.492 e. The van der Waals surface area contributed by atoms with Crippen molar-refractivity contribution in [2.24, 2.45) is 0 Å². The average Bonchev–Trinajstić information content (AvgIpc) is 3.27. The number of ether oxygens (including phenoxy) is 2. The Balaban J connectivity index is 1.49. The van der Waals surface area contributed by atoms with E-state index >= 15 is 0 Å². The van der Waals surface area contributed by atoms with Gasteiger partial charge in [0.2, 0.25) is 5.91 Å². The second kappa shape index (κ2) is 11.4. The molecule has 0 radical (unpaired) electrons. The van der Waals surface area contributed by atoms with Crippen LogP contribution in [0.2, 0.25) is 0 Å². The number of benzene rings is 3. The number of rotatable bonds is 10. The SMILES string of the molecule is CCOc1ccccc1NC(=O)CSc1nnc(COc2ccccc2C)n1-c1ccccc1. The lowest BCUT2D eigenvalue weighted by Crippen LogP contribution is -2.15. The van der Waals surface area contributed by atoms with Crippen LogP contribution in [-0.2, 0) is 11.4 Å². The molecular formula is C26H26N4O3S. The minimum atomic E-state index is -0.155. The first-order chi connectivity index (χ1) is 16.7. The second-order valence-electron chi connectivity index (χ2n) is 7.39. The summed E-state index contributed by atoms with van der Waals surface area (Å²) in [5.41, 5.74) is 2.60. The summed E-state index contributed by atoms with van der Waals surface area (Å²) < 4.78 is 13.5. The second-order valence-corrected chi connectivity index (χ2v) is 8.33. The van der Waals surface area contributed by atoms with Gasteiger partial charge in [-0.2, -0.15) is 0 Å². The maximum Gasteiger partial charge on any atom is 0.234 e. The summed E-state index contributed by atoms with van der Waals surface area (Å²) in [6.45, 7) is 4.68. The number of hydrogen-bond donors (Lipinski definition) is 1. The molecule has 0 aliphatic rings. The van der Waals surface area contributed by atoms with Crippen LogP contribution in [0, 0.1) is 6.92 Å². The van der Waals surface area contributed by atoms with E-state index < -0.39 is 0 Å². The van der Waals surface area contributed by atoms with Crippen molar-refractivity contribution in [1.29, 1.82) is 0 Å². The highest BCUT2D eigenvalue weighted by molar-refractivity contribution is 7.99. The van der Waals surface area contributed by atoms with Crippen LogP contribution < -0.4 is 14.8 Å². The predicted molar refractivity (Wildman–Crippen MR) is 134 cm³/mol. The van der Waals surface area contributed by atoms with Gasteiger partial charge in [0.05, 0.1) is 18.0 Å². The Labute approximate surface area is 203 Å². The molecule has 0 unspecified atom stereocenters. The quantitative estimate of drug-likeness (QED) is 0.315. The molecule has 8 heteroatoms. The lowest BCUT2D eigenvalue weighted by Gasteiger charge is -2.13. The fraction of sp³-hybridized carbons (Fsp3) is 0.192. The van der Waals surface area contributed by atoms with Gasteiger partial charge in [0.1, 0.15) is 18.1 Å². The molecule has 0 spiro atoms. The van der Waals surface area contributed by atoms with E-state index in [9.17, 15) is 4.79 Å². The van der Waals surface area contributed by atoms with Gasteiger partial charge < -0.3 is 14.8 Å². The number of anilines is 1. The van der Waals surface area contributed by atoms with E-state index in [1.165, 1.54) is 11.8 Å². The predicted octanol–water partition coefficient (Wildman–Crippen LogP) is 5.28. The number of para-hydroxylation sites is 4. The average molecular weight is 475 g/mol. The molecule has 0 aliphatic carbocycles. The molecule has 1 N–H and O–H groups in total. The summed E-state index contributed by atoms with van der Waals surface area (Å²) in [5, 5.41) is 12.2. The van der Waals surface area contributed by atoms with Crippen molar-refractivity contribution in [2.45, 2.75) is 25.6 Å². The molecule has 0 aliphatic heterocycles. The lowest BCUT2D eigenvalue weighted by molar-refractivity contribution is -0.113. The zero-order valence-electron chi connectivity index (χ0n) is 19.1. The molecule has 1 aromatic heterocycles. The molecule has 7 nitrogen and oxygen atoms in total. The molecule has 1 amide bonds. The Morgan fingerprint density at radius 3 is 2.38 bits per heavy atom. The third-order valence-electron chi connectivity index (χ3n) is 4.96. The number of aromatic nitrogens is 3. The molecule has 1 heterocycles. The first-order valence-corrected chi connectivity index (χ1v) is 12.0. The maximum absolute atomic E-state index is 12.7. The van der Waals surface area contributed by atoms with Crippen LogP contribution in [0.15, 0.2) is 84.0 Å². The number of carbonyl (C=O) groups is 1. The Hall–Kier alpha value is -3.78. The zero-order valence-corrected chi connectivity index (χ0v) is 19.9. The molecule has 0 saturated heterocycles. The Bertz CT molecular complexity index is 1240. The molecule has 0 saturated carbocycles. The normalized spacial score (nSPS) is 10.6. The third-order valence-corrected chi connectivity index (χ3v) is 5.89. The van der Waals surface area contributed by atoms with Gasteiger partial charge in [-0.1, -0.05) is 60.3 Å². The smallest absolute Gasteiger partial charge is 0.234 e. The van der Waals surface area contributed by atoms with Crippen molar-refractivity contribution in [3.63, 3.8) is 0 Å². The van der Waals surface area contributed by atoms with Crippen molar-refractivity contribution in [2.75, 3.05) is 17.7 Å². The van der Waals surface area contributed by atoms with Gasteiger partial charge in [-0.05, 0) is 49.7 Å². The van der Waals surface area contributed by atoms with Crippen LogP contribution in [0.3, 0.4) is 0 Å². The summed E-state index contributed by atoms with van der Waals surface area (Å²) >= 11 is 1.32. The molecule has 4 aromatic rings. The van der Waals surface area contributed by atoms with Gasteiger partial charge in [0.15, 0.2) is 11.0 Å². The van der Waals surface area contributed by atoms with E-state index in [1.807, 2.05) is 97.3 Å². The van der Waals surface area contributed by atoms with E-state index in [-0.39, 0.29) is 18.3 Å². The van der Waals surface area contributed by atoms with Gasteiger partial charge in [-0.25, -0.2) is 0 Å². The van der Waals surface area contributed by atoms with Crippen LogP contribution in [0.1, 0.15) is 18.3 Å². The number of aryl methyl sites for hydroxylation is 1. The Morgan fingerprint density at radius 2 is 1.62 bits per heavy atom. The summed E-state index contributed by atoms with van der Waals surface area (Å²) in [5.74, 6) is 2.11. The van der Waals surface area contributed by atoms with Crippen molar-refractivity contribution in [3.8, 4) is 17.2 Å². The molecule has 34 heavy (non-hydrogen) atoms. The molecule has 0 bridgehead atoms. The lowest BCUT2D eigenvalue weighted by atomic mass is 10.2. The number of carbonyl (C=O) groups excluding carboxylic acids is 1. The summed E-state index contributed by atoms with van der Waals surface area (Å²) in [6.07, 6.45) is 0. The van der Waals surface area contributed by atoms with Crippen LogP contribution in [0.4, 0.5) is 5.69 Å². The first-order valence-electron chi connectivity index (χ1n) is 11.0.